The lowest BCUT2D eigenvalue weighted by Crippen LogP contribution is -2.41. The third kappa shape index (κ3) is 3.89. The molecule has 0 aliphatic carbocycles. The fourth-order valence-electron chi connectivity index (χ4n) is 1.86. The van der Waals surface area contributed by atoms with Gasteiger partial charge in [0.05, 0.1) is 11.8 Å². The van der Waals surface area contributed by atoms with E-state index in [1.54, 1.807) is 12.3 Å². The van der Waals surface area contributed by atoms with E-state index >= 15 is 0 Å². The number of hydrogen-bond donors (Lipinski definition) is 2. The van der Waals surface area contributed by atoms with Crippen LogP contribution in [0.3, 0.4) is 0 Å². The highest BCUT2D eigenvalue weighted by atomic mass is 16.3. The second-order valence-corrected chi connectivity index (χ2v) is 4.65. The summed E-state index contributed by atoms with van der Waals surface area (Å²) in [4.78, 5) is 12.0. The Kier molecular flexibility index (Phi) is 5.22. The largest absolute Gasteiger partial charge is 0.469 e. The van der Waals surface area contributed by atoms with E-state index in [-0.39, 0.29) is 11.9 Å². The molecule has 96 valence electrons. The normalized spacial score (nSPS) is 12.8. The minimum atomic E-state index is -0.0910. The van der Waals surface area contributed by atoms with Gasteiger partial charge < -0.3 is 15.5 Å². The van der Waals surface area contributed by atoms with Gasteiger partial charge in [0, 0.05) is 19.0 Å². The molecule has 0 radical (unpaired) electrons. The number of hydrogen-bond acceptors (Lipinski definition) is 3. The van der Waals surface area contributed by atoms with E-state index in [2.05, 4.69) is 19.2 Å². The summed E-state index contributed by atoms with van der Waals surface area (Å²) < 4.78 is 5.24. The number of carbonyl (C=O) groups excluding carboxylic acids is 1. The van der Waals surface area contributed by atoms with Crippen LogP contribution >= 0.6 is 0 Å². The maximum Gasteiger partial charge on any atom is 0.255 e. The van der Waals surface area contributed by atoms with Crippen molar-refractivity contribution in [3.05, 3.63) is 23.7 Å². The molecule has 1 atom stereocenters. The maximum atomic E-state index is 12.0. The highest BCUT2D eigenvalue weighted by Crippen LogP contribution is 2.12. The molecule has 1 unspecified atom stereocenters. The molecule has 1 amide bonds. The lowest BCUT2D eigenvalue weighted by atomic mass is 10.0. The predicted octanol–water partition coefficient (Wildman–Crippen LogP) is 1.95. The van der Waals surface area contributed by atoms with Gasteiger partial charge in [-0.3, -0.25) is 4.79 Å². The summed E-state index contributed by atoms with van der Waals surface area (Å²) in [5, 5.41) is 2.95. The molecule has 1 aromatic rings. The summed E-state index contributed by atoms with van der Waals surface area (Å²) in [6, 6.07) is 1.74. The van der Waals surface area contributed by atoms with Crippen LogP contribution in [0.25, 0.3) is 0 Å². The fourth-order valence-corrected chi connectivity index (χ4v) is 1.86. The van der Waals surface area contributed by atoms with Crippen LogP contribution in [0.1, 0.15) is 43.3 Å². The Hall–Kier alpha value is -1.29. The lowest BCUT2D eigenvalue weighted by molar-refractivity contribution is 0.0932. The molecule has 0 aromatic carbocycles. The Morgan fingerprint density at radius 1 is 1.53 bits per heavy atom. The SMILES string of the molecule is CCc1occc1C(=O)NC(CN)CC(C)C. The standard InChI is InChI=1S/C13H22N2O2/c1-4-12-11(5-6-17-12)13(16)15-10(8-14)7-9(2)3/h5-6,9-10H,4,7-8,14H2,1-3H3,(H,15,16). The quantitative estimate of drug-likeness (QED) is 0.796. The van der Waals surface area contributed by atoms with Crippen LogP contribution in [0.5, 0.6) is 0 Å². The highest BCUT2D eigenvalue weighted by Gasteiger charge is 2.17. The molecule has 3 N–H and O–H groups in total. The van der Waals surface area contributed by atoms with Gasteiger partial charge in [0.1, 0.15) is 5.76 Å². The molecule has 1 heterocycles. The third-order valence-electron chi connectivity index (χ3n) is 2.69. The van der Waals surface area contributed by atoms with Gasteiger partial charge in [0.25, 0.3) is 5.91 Å². The Balaban J connectivity index is 2.64. The van der Waals surface area contributed by atoms with Crippen molar-refractivity contribution in [2.75, 3.05) is 6.54 Å². The molecular formula is C13H22N2O2. The third-order valence-corrected chi connectivity index (χ3v) is 2.69. The summed E-state index contributed by atoms with van der Waals surface area (Å²) in [6.07, 6.45) is 3.16. The van der Waals surface area contributed by atoms with Gasteiger partial charge in [-0.25, -0.2) is 0 Å². The van der Waals surface area contributed by atoms with Crippen LogP contribution in [0.4, 0.5) is 0 Å². The number of nitrogens with one attached hydrogen (secondary N) is 1. The molecule has 0 spiro atoms. The lowest BCUT2D eigenvalue weighted by Gasteiger charge is -2.18. The van der Waals surface area contributed by atoms with Gasteiger partial charge >= 0.3 is 0 Å². The van der Waals surface area contributed by atoms with Gasteiger partial charge in [-0.15, -0.1) is 0 Å². The molecule has 0 aliphatic heterocycles. The summed E-state index contributed by atoms with van der Waals surface area (Å²) in [5.41, 5.74) is 6.28. The number of carbonyl (C=O) groups is 1. The molecule has 1 rings (SSSR count). The highest BCUT2D eigenvalue weighted by molar-refractivity contribution is 5.95. The predicted molar refractivity (Wildman–Crippen MR) is 67.8 cm³/mol. The average molecular weight is 238 g/mol. The molecular weight excluding hydrogens is 216 g/mol. The van der Waals surface area contributed by atoms with Gasteiger partial charge in [-0.2, -0.15) is 0 Å². The summed E-state index contributed by atoms with van der Waals surface area (Å²) in [7, 11) is 0. The second-order valence-electron chi connectivity index (χ2n) is 4.65. The first kappa shape index (κ1) is 13.8. The first-order chi connectivity index (χ1) is 8.08. The monoisotopic (exact) mass is 238 g/mol. The van der Waals surface area contributed by atoms with Crippen LogP contribution in [-0.2, 0) is 6.42 Å². The van der Waals surface area contributed by atoms with E-state index in [1.807, 2.05) is 6.92 Å². The van der Waals surface area contributed by atoms with Crippen LogP contribution in [0.2, 0.25) is 0 Å². The van der Waals surface area contributed by atoms with Crippen LogP contribution in [0, 0.1) is 5.92 Å². The van der Waals surface area contributed by atoms with Gasteiger partial charge in [-0.1, -0.05) is 20.8 Å². The van der Waals surface area contributed by atoms with Crippen molar-refractivity contribution in [3.63, 3.8) is 0 Å². The molecule has 0 saturated heterocycles. The zero-order valence-electron chi connectivity index (χ0n) is 10.8. The summed E-state index contributed by atoms with van der Waals surface area (Å²) in [5.74, 6) is 1.15. The zero-order chi connectivity index (χ0) is 12.8. The molecule has 17 heavy (non-hydrogen) atoms. The smallest absolute Gasteiger partial charge is 0.255 e. The Labute approximate surface area is 103 Å². The second kappa shape index (κ2) is 6.45. The van der Waals surface area contributed by atoms with Crippen molar-refractivity contribution in [2.45, 2.75) is 39.7 Å². The number of furan rings is 1. The van der Waals surface area contributed by atoms with E-state index < -0.39 is 0 Å². The van der Waals surface area contributed by atoms with E-state index in [0.29, 0.717) is 24.4 Å². The Morgan fingerprint density at radius 2 is 2.24 bits per heavy atom. The van der Waals surface area contributed by atoms with Crippen molar-refractivity contribution in [2.24, 2.45) is 11.7 Å². The van der Waals surface area contributed by atoms with Gasteiger partial charge in [0.15, 0.2) is 0 Å². The number of amides is 1. The maximum absolute atomic E-state index is 12.0. The van der Waals surface area contributed by atoms with E-state index in [4.69, 9.17) is 10.2 Å². The molecule has 4 nitrogen and oxygen atoms in total. The number of nitrogens with two attached hydrogens (primary N) is 1. The molecule has 0 aliphatic rings. The van der Waals surface area contributed by atoms with Crippen molar-refractivity contribution in [1.82, 2.24) is 5.32 Å². The molecule has 0 saturated carbocycles. The molecule has 1 aromatic heterocycles. The minimum absolute atomic E-state index is 0.0297. The Bertz CT molecular complexity index is 358. The number of aryl methyl sites for hydroxylation is 1. The minimum Gasteiger partial charge on any atom is -0.469 e. The number of rotatable bonds is 6. The molecule has 0 bridgehead atoms. The topological polar surface area (TPSA) is 68.3 Å². The molecule has 4 heteroatoms. The van der Waals surface area contributed by atoms with Crippen LogP contribution < -0.4 is 11.1 Å². The van der Waals surface area contributed by atoms with E-state index in [0.717, 1.165) is 12.2 Å². The van der Waals surface area contributed by atoms with E-state index in [1.165, 1.54) is 0 Å². The first-order valence-electron chi connectivity index (χ1n) is 6.15. The first-order valence-corrected chi connectivity index (χ1v) is 6.15. The average Bonchev–Trinajstić information content (AvgIpc) is 2.75. The zero-order valence-corrected chi connectivity index (χ0v) is 10.8. The van der Waals surface area contributed by atoms with Gasteiger partial charge in [-0.05, 0) is 18.4 Å². The van der Waals surface area contributed by atoms with Crippen molar-refractivity contribution in [3.8, 4) is 0 Å². The fraction of sp³-hybridized carbons (Fsp3) is 0.615. The van der Waals surface area contributed by atoms with Crippen molar-refractivity contribution in [1.29, 1.82) is 0 Å². The van der Waals surface area contributed by atoms with Gasteiger partial charge in [0.2, 0.25) is 0 Å². The van der Waals surface area contributed by atoms with Crippen LogP contribution in [-0.4, -0.2) is 18.5 Å². The molecule has 0 fully saturated rings. The van der Waals surface area contributed by atoms with E-state index in [9.17, 15) is 4.79 Å². The summed E-state index contributed by atoms with van der Waals surface area (Å²) >= 11 is 0. The van der Waals surface area contributed by atoms with Crippen molar-refractivity contribution >= 4 is 5.91 Å². The Morgan fingerprint density at radius 3 is 2.76 bits per heavy atom. The summed E-state index contributed by atoms with van der Waals surface area (Å²) in [6.45, 7) is 6.65. The van der Waals surface area contributed by atoms with Crippen molar-refractivity contribution < 1.29 is 9.21 Å². The van der Waals surface area contributed by atoms with Crippen LogP contribution in [0.15, 0.2) is 16.7 Å².